The van der Waals surface area contributed by atoms with Crippen molar-refractivity contribution in [1.82, 2.24) is 10.2 Å². The minimum Gasteiger partial charge on any atom is -0.462 e. The summed E-state index contributed by atoms with van der Waals surface area (Å²) in [6, 6.07) is 7.08. The maximum Gasteiger partial charge on any atom is 0.338 e. The lowest BCUT2D eigenvalue weighted by Gasteiger charge is -2.52. The Balaban J connectivity index is 0.00000361. The summed E-state index contributed by atoms with van der Waals surface area (Å²) < 4.78 is 5.08. The zero-order valence-corrected chi connectivity index (χ0v) is 22.6. The highest BCUT2D eigenvalue weighted by Crippen LogP contribution is 2.37. The van der Waals surface area contributed by atoms with Gasteiger partial charge in [0.1, 0.15) is 11.6 Å². The van der Waals surface area contributed by atoms with Gasteiger partial charge < -0.3 is 19.9 Å². The third-order valence-electron chi connectivity index (χ3n) is 8.17. The molecule has 36 heavy (non-hydrogen) atoms. The third-order valence-corrected chi connectivity index (χ3v) is 8.17. The molecule has 7 nitrogen and oxygen atoms in total. The van der Waals surface area contributed by atoms with Crippen molar-refractivity contribution in [2.24, 2.45) is 5.92 Å². The van der Waals surface area contributed by atoms with Crippen molar-refractivity contribution in [1.29, 1.82) is 0 Å². The Kier molecular flexibility index (Phi) is 10.1. The van der Waals surface area contributed by atoms with Crippen LogP contribution >= 0.6 is 12.4 Å². The molecular weight excluding hydrogens is 478 g/mol. The number of benzene rings is 1. The van der Waals surface area contributed by atoms with Crippen LogP contribution in [0.2, 0.25) is 0 Å². The van der Waals surface area contributed by atoms with Crippen molar-refractivity contribution in [3.8, 4) is 0 Å². The van der Waals surface area contributed by atoms with E-state index >= 15 is 0 Å². The van der Waals surface area contributed by atoms with Crippen molar-refractivity contribution in [3.63, 3.8) is 0 Å². The number of carbonyl (C=O) groups excluding carboxylic acids is 3. The minimum atomic E-state index is -0.753. The van der Waals surface area contributed by atoms with Gasteiger partial charge in [-0.05, 0) is 62.8 Å². The zero-order chi connectivity index (χ0) is 24.8. The Bertz CT molecular complexity index is 893. The van der Waals surface area contributed by atoms with Gasteiger partial charge in [0.2, 0.25) is 11.8 Å². The predicted molar refractivity (Wildman–Crippen MR) is 144 cm³/mol. The molecule has 0 radical (unpaired) electrons. The van der Waals surface area contributed by atoms with Crippen molar-refractivity contribution >= 4 is 35.9 Å². The van der Waals surface area contributed by atoms with E-state index in [0.29, 0.717) is 50.6 Å². The van der Waals surface area contributed by atoms with Gasteiger partial charge in [0.05, 0.1) is 12.2 Å². The number of hydrogen-bond acceptors (Lipinski definition) is 5. The lowest BCUT2D eigenvalue weighted by molar-refractivity contribution is -0.160. The maximum atomic E-state index is 13.7. The van der Waals surface area contributed by atoms with Crippen molar-refractivity contribution in [2.45, 2.75) is 89.6 Å². The van der Waals surface area contributed by atoms with E-state index in [2.05, 4.69) is 17.1 Å². The number of ether oxygens (including phenoxy) is 1. The normalized spacial score (nSPS) is 22.2. The fourth-order valence-corrected chi connectivity index (χ4v) is 6.09. The molecule has 1 saturated carbocycles. The second kappa shape index (κ2) is 12.8. The summed E-state index contributed by atoms with van der Waals surface area (Å²) in [6.45, 7) is 6.31. The first-order valence-corrected chi connectivity index (χ1v) is 13.6. The van der Waals surface area contributed by atoms with Gasteiger partial charge in [0, 0.05) is 25.3 Å². The SMILES string of the molecule is CCCCN1C(=O)C(CC2CCCCC2)NC(=O)C12CCN(c1ccc(C(=O)OCC)cc1)CC2.Cl. The van der Waals surface area contributed by atoms with E-state index in [0.717, 1.165) is 24.9 Å². The van der Waals surface area contributed by atoms with E-state index in [-0.39, 0.29) is 36.2 Å². The fourth-order valence-electron chi connectivity index (χ4n) is 6.09. The quantitative estimate of drug-likeness (QED) is 0.503. The van der Waals surface area contributed by atoms with Crippen LogP contribution in [0.5, 0.6) is 0 Å². The van der Waals surface area contributed by atoms with Gasteiger partial charge in [-0.2, -0.15) is 0 Å². The molecule has 1 unspecified atom stereocenters. The van der Waals surface area contributed by atoms with Crippen molar-refractivity contribution < 1.29 is 19.1 Å². The first kappa shape index (κ1) is 28.3. The standard InChI is InChI=1S/C28H41N3O4.ClH/c1-3-5-17-31-25(32)24(20-21-9-7-6-8-10-21)29-27(34)28(31)15-18-30(19-16-28)23-13-11-22(12-14-23)26(33)35-4-2;/h11-14,21,24H,3-10,15-20H2,1-2H3,(H,29,34);1H. The van der Waals surface area contributed by atoms with Gasteiger partial charge in [-0.3, -0.25) is 9.59 Å². The topological polar surface area (TPSA) is 79.0 Å². The van der Waals surface area contributed by atoms with Gasteiger partial charge in [-0.25, -0.2) is 4.79 Å². The molecule has 8 heteroatoms. The van der Waals surface area contributed by atoms with Crippen molar-refractivity contribution in [2.75, 3.05) is 31.1 Å². The lowest BCUT2D eigenvalue weighted by atomic mass is 9.79. The molecule has 0 bridgehead atoms. The van der Waals surface area contributed by atoms with Crippen LogP contribution in [0.1, 0.15) is 88.4 Å². The highest BCUT2D eigenvalue weighted by atomic mass is 35.5. The van der Waals surface area contributed by atoms with Gasteiger partial charge in [0.25, 0.3) is 0 Å². The van der Waals surface area contributed by atoms with Crippen LogP contribution < -0.4 is 10.2 Å². The Labute approximate surface area is 221 Å². The minimum absolute atomic E-state index is 0. The number of rotatable bonds is 8. The van der Waals surface area contributed by atoms with E-state index in [1.807, 2.05) is 17.0 Å². The smallest absolute Gasteiger partial charge is 0.338 e. The molecule has 1 aromatic carbocycles. The number of esters is 1. The van der Waals surface area contributed by atoms with Crippen LogP contribution in [0.4, 0.5) is 5.69 Å². The van der Waals surface area contributed by atoms with Crippen LogP contribution in [-0.4, -0.2) is 60.5 Å². The molecule has 0 aromatic heterocycles. The number of nitrogens with one attached hydrogen (secondary N) is 1. The molecule has 1 aliphatic carbocycles. The summed E-state index contributed by atoms with van der Waals surface area (Å²) in [6.07, 6.45) is 10.0. The molecule has 2 amide bonds. The summed E-state index contributed by atoms with van der Waals surface area (Å²) >= 11 is 0. The number of unbranched alkanes of at least 4 members (excludes halogenated alkanes) is 1. The van der Waals surface area contributed by atoms with E-state index in [4.69, 9.17) is 4.74 Å². The summed E-state index contributed by atoms with van der Waals surface area (Å²) in [5, 5.41) is 3.17. The second-order valence-corrected chi connectivity index (χ2v) is 10.4. The van der Waals surface area contributed by atoms with E-state index < -0.39 is 5.54 Å². The van der Waals surface area contributed by atoms with Gasteiger partial charge in [-0.15, -0.1) is 12.4 Å². The molecule has 3 aliphatic rings. The molecule has 1 aromatic rings. The number of amides is 2. The first-order chi connectivity index (χ1) is 17.0. The van der Waals surface area contributed by atoms with Crippen LogP contribution in [0.15, 0.2) is 24.3 Å². The first-order valence-electron chi connectivity index (χ1n) is 13.6. The van der Waals surface area contributed by atoms with E-state index in [1.54, 1.807) is 19.1 Å². The molecule has 1 atom stereocenters. The number of hydrogen-bond donors (Lipinski definition) is 1. The highest BCUT2D eigenvalue weighted by Gasteiger charge is 2.53. The molecule has 2 saturated heterocycles. The number of piperazine rings is 1. The third kappa shape index (κ3) is 5.99. The Morgan fingerprint density at radius 2 is 1.72 bits per heavy atom. The molecule has 200 valence electrons. The summed E-state index contributed by atoms with van der Waals surface area (Å²) in [4.78, 5) is 43.4. The number of nitrogens with zero attached hydrogens (tertiary/aromatic N) is 2. The monoisotopic (exact) mass is 519 g/mol. The Morgan fingerprint density at radius 1 is 1.06 bits per heavy atom. The van der Waals surface area contributed by atoms with Gasteiger partial charge >= 0.3 is 5.97 Å². The number of halogens is 1. The van der Waals surface area contributed by atoms with E-state index in [9.17, 15) is 14.4 Å². The Hall–Kier alpha value is -2.28. The molecule has 3 fully saturated rings. The lowest BCUT2D eigenvalue weighted by Crippen LogP contribution is -2.73. The fraction of sp³-hybridized carbons (Fsp3) is 0.679. The number of carbonyl (C=O) groups is 3. The molecule has 4 rings (SSSR count). The van der Waals surface area contributed by atoms with Crippen LogP contribution in [0, 0.1) is 5.92 Å². The Morgan fingerprint density at radius 3 is 2.33 bits per heavy atom. The van der Waals surface area contributed by atoms with Crippen LogP contribution in [0.3, 0.4) is 0 Å². The summed E-state index contributed by atoms with van der Waals surface area (Å²) in [5.41, 5.74) is 0.804. The van der Waals surface area contributed by atoms with Crippen LogP contribution in [0.25, 0.3) is 0 Å². The zero-order valence-electron chi connectivity index (χ0n) is 21.8. The summed E-state index contributed by atoms with van der Waals surface area (Å²) in [7, 11) is 0. The molecule has 2 heterocycles. The maximum absolute atomic E-state index is 13.7. The largest absolute Gasteiger partial charge is 0.462 e. The van der Waals surface area contributed by atoms with Gasteiger partial charge in [0.15, 0.2) is 0 Å². The summed E-state index contributed by atoms with van der Waals surface area (Å²) in [5.74, 6) is 0.380. The average Bonchev–Trinajstić information content (AvgIpc) is 2.89. The molecule has 1 N–H and O–H groups in total. The second-order valence-electron chi connectivity index (χ2n) is 10.4. The van der Waals surface area contributed by atoms with Gasteiger partial charge in [-0.1, -0.05) is 45.4 Å². The number of anilines is 1. The molecule has 1 spiro atoms. The highest BCUT2D eigenvalue weighted by molar-refractivity contribution is 6.00. The predicted octanol–water partition coefficient (Wildman–Crippen LogP) is 4.72. The van der Waals surface area contributed by atoms with E-state index in [1.165, 1.54) is 32.1 Å². The van der Waals surface area contributed by atoms with Crippen LogP contribution in [-0.2, 0) is 14.3 Å². The molecular formula is C28H42ClN3O4. The number of piperidine rings is 1. The molecule has 2 aliphatic heterocycles. The average molecular weight is 520 g/mol. The van der Waals surface area contributed by atoms with Crippen molar-refractivity contribution in [3.05, 3.63) is 29.8 Å².